The van der Waals surface area contributed by atoms with Gasteiger partial charge in [-0.3, -0.25) is 4.79 Å². The molecule has 0 aliphatic heterocycles. The van der Waals surface area contributed by atoms with Crippen LogP contribution in [0.25, 0.3) is 0 Å². The van der Waals surface area contributed by atoms with E-state index in [1.54, 1.807) is 22.7 Å². The monoisotopic (exact) mass is 339 g/mol. The van der Waals surface area contributed by atoms with Gasteiger partial charge in [0.1, 0.15) is 11.5 Å². The molecule has 2 aromatic heterocycles. The third kappa shape index (κ3) is 4.54. The van der Waals surface area contributed by atoms with Crippen LogP contribution in [0.4, 0.5) is 0 Å². The van der Waals surface area contributed by atoms with Crippen molar-refractivity contribution in [2.24, 2.45) is 5.92 Å². The zero-order chi connectivity index (χ0) is 15.9. The molecule has 0 atom stereocenters. The molecular formula is C14H21N5OS2. The van der Waals surface area contributed by atoms with Crippen molar-refractivity contribution in [3.63, 3.8) is 0 Å². The zero-order valence-electron chi connectivity index (χ0n) is 13.1. The fraction of sp³-hybridized carbons (Fsp3) is 0.571. The molecule has 0 spiro atoms. The molecular weight excluding hydrogens is 318 g/mol. The quantitative estimate of drug-likeness (QED) is 0.591. The highest BCUT2D eigenvalue weighted by Crippen LogP contribution is 2.16. The molecule has 8 heteroatoms. The summed E-state index contributed by atoms with van der Waals surface area (Å²) in [5.41, 5.74) is 2.14. The highest BCUT2D eigenvalue weighted by molar-refractivity contribution is 7.98. The number of carbonyl (C=O) groups is 1. The standard InChI is InChI=1S/C14H21N5OS2/c1-10(2)7-19-12(17-18-14(19)21-3)5-4-6-15-13(20)11-8-22-9-16-11/h8-10H,4-7H2,1-3H3,(H,15,20). The molecule has 1 N–H and O–H groups in total. The lowest BCUT2D eigenvalue weighted by molar-refractivity contribution is 0.0949. The summed E-state index contributed by atoms with van der Waals surface area (Å²) in [4.78, 5) is 15.8. The van der Waals surface area contributed by atoms with Crippen LogP contribution >= 0.6 is 23.1 Å². The lowest BCUT2D eigenvalue weighted by Gasteiger charge is -2.11. The number of aromatic nitrogens is 4. The average Bonchev–Trinajstić information content (AvgIpc) is 3.13. The maximum atomic E-state index is 11.8. The molecule has 22 heavy (non-hydrogen) atoms. The van der Waals surface area contributed by atoms with Crippen LogP contribution in [0.15, 0.2) is 16.0 Å². The number of nitrogens with zero attached hydrogens (tertiary/aromatic N) is 4. The van der Waals surface area contributed by atoms with Gasteiger partial charge in [0.15, 0.2) is 5.16 Å². The van der Waals surface area contributed by atoms with E-state index in [9.17, 15) is 4.79 Å². The van der Waals surface area contributed by atoms with Crippen LogP contribution in [0.5, 0.6) is 0 Å². The third-order valence-corrected chi connectivity index (χ3v) is 4.31. The predicted molar refractivity (Wildman–Crippen MR) is 89.4 cm³/mol. The Morgan fingerprint density at radius 2 is 2.27 bits per heavy atom. The molecule has 0 radical (unpaired) electrons. The SMILES string of the molecule is CSc1nnc(CCCNC(=O)c2cscn2)n1CC(C)C. The Morgan fingerprint density at radius 1 is 1.45 bits per heavy atom. The molecule has 0 fully saturated rings. The molecule has 0 saturated carbocycles. The Labute approximate surface area is 138 Å². The maximum absolute atomic E-state index is 11.8. The van der Waals surface area contributed by atoms with Crippen LogP contribution in [0.1, 0.15) is 36.6 Å². The minimum Gasteiger partial charge on any atom is -0.351 e. The maximum Gasteiger partial charge on any atom is 0.270 e. The number of hydrogen-bond acceptors (Lipinski definition) is 6. The molecule has 120 valence electrons. The van der Waals surface area contributed by atoms with Crippen LogP contribution in [0, 0.1) is 5.92 Å². The van der Waals surface area contributed by atoms with E-state index >= 15 is 0 Å². The zero-order valence-corrected chi connectivity index (χ0v) is 14.7. The predicted octanol–water partition coefficient (Wildman–Crippen LogP) is 2.48. The molecule has 0 unspecified atom stereocenters. The van der Waals surface area contributed by atoms with Gasteiger partial charge < -0.3 is 9.88 Å². The highest BCUT2D eigenvalue weighted by atomic mass is 32.2. The van der Waals surface area contributed by atoms with Crippen molar-refractivity contribution < 1.29 is 4.79 Å². The first-order chi connectivity index (χ1) is 10.6. The summed E-state index contributed by atoms with van der Waals surface area (Å²) in [6.07, 6.45) is 3.65. The van der Waals surface area contributed by atoms with Gasteiger partial charge in [0.25, 0.3) is 5.91 Å². The van der Waals surface area contributed by atoms with Gasteiger partial charge in [-0.25, -0.2) is 4.98 Å². The minimum absolute atomic E-state index is 0.116. The highest BCUT2D eigenvalue weighted by Gasteiger charge is 2.12. The first-order valence-electron chi connectivity index (χ1n) is 7.24. The largest absolute Gasteiger partial charge is 0.351 e. The third-order valence-electron chi connectivity index (χ3n) is 3.05. The molecule has 2 rings (SSSR count). The molecule has 0 bridgehead atoms. The van der Waals surface area contributed by atoms with Crippen molar-refractivity contribution in [3.05, 3.63) is 22.4 Å². The fourth-order valence-corrected chi connectivity index (χ4v) is 3.12. The summed E-state index contributed by atoms with van der Waals surface area (Å²) in [5, 5.41) is 14.1. The molecule has 0 saturated heterocycles. The van der Waals surface area contributed by atoms with E-state index in [1.807, 2.05) is 6.26 Å². The van der Waals surface area contributed by atoms with Crippen LogP contribution in [0.2, 0.25) is 0 Å². The van der Waals surface area contributed by atoms with Gasteiger partial charge in [0.05, 0.1) is 5.51 Å². The van der Waals surface area contributed by atoms with Crippen molar-refractivity contribution in [1.82, 2.24) is 25.1 Å². The normalized spacial score (nSPS) is 11.1. The van der Waals surface area contributed by atoms with Gasteiger partial charge in [0.2, 0.25) is 0 Å². The second kappa shape index (κ2) is 8.28. The summed E-state index contributed by atoms with van der Waals surface area (Å²) in [7, 11) is 0. The summed E-state index contributed by atoms with van der Waals surface area (Å²) in [6, 6.07) is 0. The van der Waals surface area contributed by atoms with E-state index in [0.717, 1.165) is 30.4 Å². The van der Waals surface area contributed by atoms with Gasteiger partial charge in [0, 0.05) is 24.9 Å². The molecule has 0 aliphatic carbocycles. The number of rotatable bonds is 8. The topological polar surface area (TPSA) is 72.7 Å². The second-order valence-electron chi connectivity index (χ2n) is 5.34. The van der Waals surface area contributed by atoms with Gasteiger partial charge >= 0.3 is 0 Å². The Kier molecular flexibility index (Phi) is 6.38. The van der Waals surface area contributed by atoms with Crippen molar-refractivity contribution in [3.8, 4) is 0 Å². The van der Waals surface area contributed by atoms with Gasteiger partial charge in [-0.15, -0.1) is 21.5 Å². The summed E-state index contributed by atoms with van der Waals surface area (Å²) in [5.74, 6) is 1.42. The number of thioether (sulfide) groups is 1. The van der Waals surface area contributed by atoms with Crippen LogP contribution < -0.4 is 5.32 Å². The molecule has 0 aromatic carbocycles. The molecule has 0 aliphatic rings. The average molecular weight is 339 g/mol. The lowest BCUT2D eigenvalue weighted by Crippen LogP contribution is -2.25. The van der Waals surface area contributed by atoms with E-state index < -0.39 is 0 Å². The first kappa shape index (κ1) is 17.0. The van der Waals surface area contributed by atoms with E-state index in [0.29, 0.717) is 18.2 Å². The van der Waals surface area contributed by atoms with Crippen molar-refractivity contribution in [1.29, 1.82) is 0 Å². The van der Waals surface area contributed by atoms with E-state index in [2.05, 4.69) is 38.9 Å². The van der Waals surface area contributed by atoms with Crippen LogP contribution in [0.3, 0.4) is 0 Å². The summed E-state index contributed by atoms with van der Waals surface area (Å²) in [6.45, 7) is 5.90. The van der Waals surface area contributed by atoms with Crippen molar-refractivity contribution >= 4 is 29.0 Å². The van der Waals surface area contributed by atoms with E-state index in [4.69, 9.17) is 0 Å². The summed E-state index contributed by atoms with van der Waals surface area (Å²) >= 11 is 3.03. The van der Waals surface area contributed by atoms with Crippen LogP contribution in [-0.4, -0.2) is 38.5 Å². The molecule has 6 nitrogen and oxygen atoms in total. The molecule has 2 heterocycles. The van der Waals surface area contributed by atoms with Crippen LogP contribution in [-0.2, 0) is 13.0 Å². The fourth-order valence-electron chi connectivity index (χ4n) is 2.07. The summed E-state index contributed by atoms with van der Waals surface area (Å²) < 4.78 is 2.18. The van der Waals surface area contributed by atoms with E-state index in [1.165, 1.54) is 11.3 Å². The number of carbonyl (C=O) groups excluding carboxylic acids is 1. The van der Waals surface area contributed by atoms with E-state index in [-0.39, 0.29) is 5.91 Å². The Bertz CT molecular complexity index is 594. The number of thiazole rings is 1. The van der Waals surface area contributed by atoms with Gasteiger partial charge in [-0.2, -0.15) is 0 Å². The van der Waals surface area contributed by atoms with Crippen molar-refractivity contribution in [2.45, 2.75) is 38.4 Å². The van der Waals surface area contributed by atoms with Crippen molar-refractivity contribution in [2.75, 3.05) is 12.8 Å². The van der Waals surface area contributed by atoms with Gasteiger partial charge in [-0.05, 0) is 18.6 Å². The Morgan fingerprint density at radius 3 is 2.91 bits per heavy atom. The number of nitrogens with one attached hydrogen (secondary N) is 1. The smallest absolute Gasteiger partial charge is 0.270 e. The first-order valence-corrected chi connectivity index (χ1v) is 9.41. The Hall–Kier alpha value is -1.41. The van der Waals surface area contributed by atoms with Gasteiger partial charge in [-0.1, -0.05) is 25.6 Å². The molecule has 1 amide bonds. The second-order valence-corrected chi connectivity index (χ2v) is 6.83. The Balaban J connectivity index is 1.84. The number of aryl methyl sites for hydroxylation is 1. The minimum atomic E-state index is -0.116. The number of hydrogen-bond donors (Lipinski definition) is 1. The lowest BCUT2D eigenvalue weighted by atomic mass is 10.2. The number of amides is 1. The molecule has 2 aromatic rings.